The van der Waals surface area contributed by atoms with E-state index in [0.29, 0.717) is 6.54 Å². The van der Waals surface area contributed by atoms with E-state index in [4.69, 9.17) is 0 Å². The SMILES string of the molecule is Cc1nn(C)cc1CNC(C)c1c(F)cccc1F. The van der Waals surface area contributed by atoms with Crippen LogP contribution in [0.1, 0.15) is 29.8 Å². The number of nitrogens with one attached hydrogen (secondary N) is 1. The largest absolute Gasteiger partial charge is 0.306 e. The molecule has 19 heavy (non-hydrogen) atoms. The molecule has 0 fully saturated rings. The van der Waals surface area contributed by atoms with Crippen LogP contribution in [0.4, 0.5) is 8.78 Å². The maximum Gasteiger partial charge on any atom is 0.130 e. The van der Waals surface area contributed by atoms with E-state index in [1.165, 1.54) is 18.2 Å². The molecule has 102 valence electrons. The molecule has 0 aliphatic rings. The van der Waals surface area contributed by atoms with Crippen molar-refractivity contribution in [1.29, 1.82) is 0 Å². The molecular formula is C14H17F2N3. The van der Waals surface area contributed by atoms with E-state index in [1.807, 2.05) is 20.2 Å². The molecule has 3 nitrogen and oxygen atoms in total. The number of hydrogen-bond donors (Lipinski definition) is 1. The van der Waals surface area contributed by atoms with E-state index in [1.54, 1.807) is 11.6 Å². The third-order valence-corrected chi connectivity index (χ3v) is 3.15. The van der Waals surface area contributed by atoms with Gasteiger partial charge in [-0.15, -0.1) is 0 Å². The van der Waals surface area contributed by atoms with Gasteiger partial charge < -0.3 is 5.32 Å². The predicted molar refractivity (Wildman–Crippen MR) is 69.6 cm³/mol. The monoisotopic (exact) mass is 265 g/mol. The quantitative estimate of drug-likeness (QED) is 0.921. The van der Waals surface area contributed by atoms with E-state index >= 15 is 0 Å². The van der Waals surface area contributed by atoms with E-state index < -0.39 is 17.7 Å². The van der Waals surface area contributed by atoms with Gasteiger partial charge in [0.05, 0.1) is 5.69 Å². The first-order valence-electron chi connectivity index (χ1n) is 6.15. The van der Waals surface area contributed by atoms with Gasteiger partial charge in [-0.25, -0.2) is 8.78 Å². The Kier molecular flexibility index (Phi) is 3.95. The molecule has 1 unspecified atom stereocenters. The Morgan fingerprint density at radius 2 is 1.95 bits per heavy atom. The highest BCUT2D eigenvalue weighted by atomic mass is 19.1. The molecule has 1 atom stereocenters. The number of aryl methyl sites for hydroxylation is 2. The number of halogens is 2. The molecule has 0 bridgehead atoms. The van der Waals surface area contributed by atoms with E-state index in [2.05, 4.69) is 10.4 Å². The maximum absolute atomic E-state index is 13.6. The predicted octanol–water partition coefficient (Wildman–Crippen LogP) is 2.86. The molecule has 0 saturated carbocycles. The van der Waals surface area contributed by atoms with Crippen LogP contribution in [-0.4, -0.2) is 9.78 Å². The Hall–Kier alpha value is -1.75. The normalized spacial score (nSPS) is 12.7. The molecule has 0 aliphatic heterocycles. The summed E-state index contributed by atoms with van der Waals surface area (Å²) in [7, 11) is 1.84. The fourth-order valence-corrected chi connectivity index (χ4v) is 2.11. The fraction of sp³-hybridized carbons (Fsp3) is 0.357. The summed E-state index contributed by atoms with van der Waals surface area (Å²) >= 11 is 0. The average molecular weight is 265 g/mol. The third-order valence-electron chi connectivity index (χ3n) is 3.15. The van der Waals surface area contributed by atoms with Crippen molar-refractivity contribution in [2.24, 2.45) is 7.05 Å². The van der Waals surface area contributed by atoms with Crippen LogP contribution in [0, 0.1) is 18.6 Å². The first-order valence-corrected chi connectivity index (χ1v) is 6.15. The minimum absolute atomic E-state index is 0.0732. The van der Waals surface area contributed by atoms with Crippen molar-refractivity contribution in [3.05, 3.63) is 52.9 Å². The van der Waals surface area contributed by atoms with Crippen molar-refractivity contribution in [3.63, 3.8) is 0 Å². The van der Waals surface area contributed by atoms with Crippen molar-refractivity contribution < 1.29 is 8.78 Å². The number of benzene rings is 1. The summed E-state index contributed by atoms with van der Waals surface area (Å²) in [5.41, 5.74) is 2.01. The highest BCUT2D eigenvalue weighted by Crippen LogP contribution is 2.20. The fourth-order valence-electron chi connectivity index (χ4n) is 2.11. The van der Waals surface area contributed by atoms with Crippen LogP contribution in [0.25, 0.3) is 0 Å². The second-order valence-corrected chi connectivity index (χ2v) is 4.65. The number of rotatable bonds is 4. The van der Waals surface area contributed by atoms with Crippen molar-refractivity contribution >= 4 is 0 Å². The van der Waals surface area contributed by atoms with E-state index in [9.17, 15) is 8.78 Å². The molecule has 2 rings (SSSR count). The first-order chi connectivity index (χ1) is 8.99. The van der Waals surface area contributed by atoms with Gasteiger partial charge in [0.15, 0.2) is 0 Å². The molecule has 1 aromatic heterocycles. The van der Waals surface area contributed by atoms with Crippen LogP contribution in [-0.2, 0) is 13.6 Å². The van der Waals surface area contributed by atoms with Crippen LogP contribution in [0.5, 0.6) is 0 Å². The highest BCUT2D eigenvalue weighted by molar-refractivity contribution is 5.23. The lowest BCUT2D eigenvalue weighted by Crippen LogP contribution is -2.20. The molecule has 0 amide bonds. The second kappa shape index (κ2) is 5.48. The minimum atomic E-state index is -0.525. The summed E-state index contributed by atoms with van der Waals surface area (Å²) in [5.74, 6) is -1.05. The smallest absolute Gasteiger partial charge is 0.130 e. The standard InChI is InChI=1S/C14H17F2N3/c1-9-11(8-19(3)18-9)7-17-10(2)14-12(15)5-4-6-13(14)16/h4-6,8,10,17H,7H2,1-3H3. The summed E-state index contributed by atoms with van der Waals surface area (Å²) in [5, 5.41) is 7.34. The molecule has 1 N–H and O–H groups in total. The third kappa shape index (κ3) is 2.98. The molecule has 0 radical (unpaired) electrons. The molecule has 5 heteroatoms. The zero-order chi connectivity index (χ0) is 14.0. The van der Waals surface area contributed by atoms with E-state index in [-0.39, 0.29) is 5.56 Å². The maximum atomic E-state index is 13.6. The molecule has 0 aliphatic carbocycles. The summed E-state index contributed by atoms with van der Waals surface area (Å²) in [6.45, 7) is 4.17. The van der Waals surface area contributed by atoms with Crippen molar-refractivity contribution in [2.75, 3.05) is 0 Å². The Labute approximate surface area is 111 Å². The Bertz CT molecular complexity index is 558. The summed E-state index contributed by atoms with van der Waals surface area (Å²) < 4.78 is 29.0. The van der Waals surface area contributed by atoms with Crippen molar-refractivity contribution in [3.8, 4) is 0 Å². The summed E-state index contributed by atoms with van der Waals surface area (Å²) in [4.78, 5) is 0. The Morgan fingerprint density at radius 1 is 1.32 bits per heavy atom. The van der Waals surface area contributed by atoms with Gasteiger partial charge in [0.25, 0.3) is 0 Å². The lowest BCUT2D eigenvalue weighted by atomic mass is 10.1. The number of hydrogen-bond acceptors (Lipinski definition) is 2. The lowest BCUT2D eigenvalue weighted by Gasteiger charge is -2.15. The second-order valence-electron chi connectivity index (χ2n) is 4.65. The molecular weight excluding hydrogens is 248 g/mol. The van der Waals surface area contributed by atoms with Crippen LogP contribution < -0.4 is 5.32 Å². The van der Waals surface area contributed by atoms with Gasteiger partial charge >= 0.3 is 0 Å². The average Bonchev–Trinajstić information content (AvgIpc) is 2.65. The van der Waals surface area contributed by atoms with Crippen LogP contribution in [0.2, 0.25) is 0 Å². The van der Waals surface area contributed by atoms with Gasteiger partial charge in [0.1, 0.15) is 11.6 Å². The molecule has 1 heterocycles. The zero-order valence-corrected chi connectivity index (χ0v) is 11.2. The molecule has 1 aromatic carbocycles. The highest BCUT2D eigenvalue weighted by Gasteiger charge is 2.16. The topological polar surface area (TPSA) is 29.9 Å². The van der Waals surface area contributed by atoms with Gasteiger partial charge in [-0.1, -0.05) is 6.07 Å². The molecule has 0 spiro atoms. The lowest BCUT2D eigenvalue weighted by molar-refractivity contribution is 0.487. The number of aromatic nitrogens is 2. The van der Waals surface area contributed by atoms with Gasteiger partial charge in [-0.05, 0) is 26.0 Å². The van der Waals surface area contributed by atoms with Crippen molar-refractivity contribution in [1.82, 2.24) is 15.1 Å². The Balaban J connectivity index is 2.09. The van der Waals surface area contributed by atoms with E-state index in [0.717, 1.165) is 11.3 Å². The van der Waals surface area contributed by atoms with Crippen LogP contribution in [0.3, 0.4) is 0 Å². The van der Waals surface area contributed by atoms with Gasteiger partial charge in [-0.3, -0.25) is 4.68 Å². The molecule has 2 aromatic rings. The van der Waals surface area contributed by atoms with Gasteiger partial charge in [0.2, 0.25) is 0 Å². The van der Waals surface area contributed by atoms with Crippen LogP contribution >= 0.6 is 0 Å². The molecule has 0 saturated heterocycles. The minimum Gasteiger partial charge on any atom is -0.306 e. The van der Waals surface area contributed by atoms with Crippen LogP contribution in [0.15, 0.2) is 24.4 Å². The summed E-state index contributed by atoms with van der Waals surface area (Å²) in [6.07, 6.45) is 1.90. The van der Waals surface area contributed by atoms with Gasteiger partial charge in [0, 0.05) is 37.0 Å². The number of nitrogens with zero attached hydrogens (tertiary/aromatic N) is 2. The summed E-state index contributed by atoms with van der Waals surface area (Å²) in [6, 6.07) is 3.50. The van der Waals surface area contributed by atoms with Gasteiger partial charge in [-0.2, -0.15) is 5.10 Å². The Morgan fingerprint density at radius 3 is 2.47 bits per heavy atom. The zero-order valence-electron chi connectivity index (χ0n) is 11.2. The first kappa shape index (κ1) is 13.7. The van der Waals surface area contributed by atoms with Crippen molar-refractivity contribution in [2.45, 2.75) is 26.4 Å².